The third-order valence-electron chi connectivity index (χ3n) is 4.38. The van der Waals surface area contributed by atoms with E-state index < -0.39 is 0 Å². The highest BCUT2D eigenvalue weighted by molar-refractivity contribution is 7.16. The molecule has 0 aliphatic carbocycles. The first-order valence-corrected chi connectivity index (χ1v) is 10.1. The maximum Gasteiger partial charge on any atom is 0.279 e. The molecular formula is C20H26N4O2S. The number of nitrogens with zero attached hydrogens (tertiary/aromatic N) is 3. The molecule has 144 valence electrons. The molecule has 0 radical (unpaired) electrons. The number of hydrogen-bond donors (Lipinski definition) is 1. The molecule has 0 fully saturated rings. The summed E-state index contributed by atoms with van der Waals surface area (Å²) in [6.07, 6.45) is 2.78. The lowest BCUT2D eigenvalue weighted by molar-refractivity contribution is -0.122. The van der Waals surface area contributed by atoms with Crippen molar-refractivity contribution in [1.82, 2.24) is 15.2 Å². The minimum absolute atomic E-state index is 0.0786. The second-order valence-corrected chi connectivity index (χ2v) is 7.91. The number of nitrogens with one attached hydrogen (secondary N) is 1. The first-order chi connectivity index (χ1) is 13.0. The third-order valence-corrected chi connectivity index (χ3v) is 5.17. The highest BCUT2D eigenvalue weighted by Crippen LogP contribution is 2.23. The van der Waals surface area contributed by atoms with Crippen molar-refractivity contribution in [3.63, 3.8) is 0 Å². The summed E-state index contributed by atoms with van der Waals surface area (Å²) in [6, 6.07) is 6.09. The lowest BCUT2D eigenvalue weighted by atomic mass is 10.0. The number of thiazole rings is 1. The van der Waals surface area contributed by atoms with Crippen molar-refractivity contribution in [3.05, 3.63) is 35.0 Å². The van der Waals surface area contributed by atoms with Gasteiger partial charge in [-0.1, -0.05) is 19.9 Å². The zero-order valence-corrected chi connectivity index (χ0v) is 17.0. The molecule has 6 nitrogen and oxygen atoms in total. The van der Waals surface area contributed by atoms with E-state index in [2.05, 4.69) is 29.1 Å². The fraction of sp³-hybridized carbons (Fsp3) is 0.450. The van der Waals surface area contributed by atoms with Crippen LogP contribution in [0.3, 0.4) is 0 Å². The molecule has 3 rings (SSSR count). The number of amides is 1. The Labute approximate surface area is 164 Å². The summed E-state index contributed by atoms with van der Waals surface area (Å²) in [5.41, 5.74) is 4.19. The first-order valence-electron chi connectivity index (χ1n) is 9.22. The molecule has 1 aromatic heterocycles. The third kappa shape index (κ3) is 4.54. The van der Waals surface area contributed by atoms with Crippen LogP contribution in [0.1, 0.15) is 32.8 Å². The van der Waals surface area contributed by atoms with Crippen molar-refractivity contribution >= 4 is 39.5 Å². The van der Waals surface area contributed by atoms with E-state index in [1.54, 1.807) is 23.3 Å². The lowest BCUT2D eigenvalue weighted by Gasteiger charge is -2.24. The number of fused-ring (bicyclic) bond motifs is 1. The van der Waals surface area contributed by atoms with Crippen LogP contribution in [0.2, 0.25) is 0 Å². The Morgan fingerprint density at radius 2 is 2.19 bits per heavy atom. The summed E-state index contributed by atoms with van der Waals surface area (Å²) < 4.78 is 6.42. The summed E-state index contributed by atoms with van der Waals surface area (Å²) in [4.78, 5) is 23.3. The minimum Gasteiger partial charge on any atom is -0.383 e. The second-order valence-electron chi connectivity index (χ2n) is 7.02. The zero-order chi connectivity index (χ0) is 19.4. The summed E-state index contributed by atoms with van der Waals surface area (Å²) >= 11 is 1.59. The largest absolute Gasteiger partial charge is 0.383 e. The number of aromatic nitrogens is 1. The van der Waals surface area contributed by atoms with Gasteiger partial charge in [0.2, 0.25) is 5.96 Å². The molecule has 1 N–H and O–H groups in total. The van der Waals surface area contributed by atoms with Crippen LogP contribution in [0.5, 0.6) is 0 Å². The molecule has 2 aromatic rings. The number of benzene rings is 1. The predicted molar refractivity (Wildman–Crippen MR) is 111 cm³/mol. The van der Waals surface area contributed by atoms with Crippen molar-refractivity contribution in [2.75, 3.05) is 20.3 Å². The lowest BCUT2D eigenvalue weighted by Crippen LogP contribution is -2.47. The van der Waals surface area contributed by atoms with Crippen LogP contribution in [0.15, 0.2) is 34.4 Å². The van der Waals surface area contributed by atoms with Crippen LogP contribution in [0.4, 0.5) is 0 Å². The van der Waals surface area contributed by atoms with Gasteiger partial charge in [0, 0.05) is 13.7 Å². The molecule has 1 aromatic carbocycles. The molecular weight excluding hydrogens is 360 g/mol. The molecule has 0 unspecified atom stereocenters. The van der Waals surface area contributed by atoms with Gasteiger partial charge in [-0.3, -0.25) is 9.69 Å². The topological polar surface area (TPSA) is 66.8 Å². The van der Waals surface area contributed by atoms with Crippen LogP contribution in [-0.4, -0.2) is 48.1 Å². The van der Waals surface area contributed by atoms with Crippen molar-refractivity contribution < 1.29 is 9.53 Å². The van der Waals surface area contributed by atoms with Gasteiger partial charge in [0.15, 0.2) is 0 Å². The SMILES string of the molecule is CCN1C(=O)/C(=C/c2ccc3ncsc3c2)N=C1N[C@@H](COC)CC(C)C. The second kappa shape index (κ2) is 8.63. The van der Waals surface area contributed by atoms with Crippen LogP contribution < -0.4 is 5.32 Å². The maximum absolute atomic E-state index is 12.8. The fourth-order valence-corrected chi connectivity index (χ4v) is 3.92. The monoisotopic (exact) mass is 386 g/mol. The molecule has 0 saturated heterocycles. The molecule has 1 amide bonds. The standard InChI is InChI=1S/C20H26N4O2S/c1-5-24-19(25)17(9-14-6-7-16-18(10-14)27-12-21-16)23-20(24)22-15(11-26-4)8-13(2)3/h6-7,9-10,12-13,15H,5,8,11H2,1-4H3,(H,22,23)/b17-9-/t15-/m1/s1. The van der Waals surface area contributed by atoms with Crippen LogP contribution >= 0.6 is 11.3 Å². The zero-order valence-electron chi connectivity index (χ0n) is 16.2. The number of carbonyl (C=O) groups excluding carboxylic acids is 1. The van der Waals surface area contributed by atoms with Crippen LogP contribution in [0, 0.1) is 5.92 Å². The number of carbonyl (C=O) groups is 1. The summed E-state index contributed by atoms with van der Waals surface area (Å²) in [5, 5.41) is 3.40. The summed E-state index contributed by atoms with van der Waals surface area (Å²) in [7, 11) is 1.69. The van der Waals surface area contributed by atoms with Gasteiger partial charge in [0.1, 0.15) is 5.70 Å². The summed E-state index contributed by atoms with van der Waals surface area (Å²) in [6.45, 7) is 7.44. The Balaban J connectivity index is 1.85. The van der Waals surface area contributed by atoms with Crippen molar-refractivity contribution in [1.29, 1.82) is 0 Å². The van der Waals surface area contributed by atoms with Gasteiger partial charge in [-0.2, -0.15) is 0 Å². The maximum atomic E-state index is 12.8. The molecule has 0 saturated carbocycles. The normalized spacial score (nSPS) is 17.2. The van der Waals surface area contributed by atoms with Gasteiger partial charge in [-0.25, -0.2) is 9.98 Å². The van der Waals surface area contributed by atoms with Gasteiger partial charge in [0.25, 0.3) is 5.91 Å². The van der Waals surface area contributed by atoms with Gasteiger partial charge < -0.3 is 10.1 Å². The van der Waals surface area contributed by atoms with Crippen molar-refractivity contribution in [2.45, 2.75) is 33.2 Å². The average molecular weight is 387 g/mol. The number of guanidine groups is 1. The molecule has 27 heavy (non-hydrogen) atoms. The number of rotatable bonds is 7. The van der Waals surface area contributed by atoms with Crippen molar-refractivity contribution in [3.8, 4) is 0 Å². The van der Waals surface area contributed by atoms with E-state index in [1.807, 2.05) is 36.7 Å². The Hall–Kier alpha value is -2.25. The van der Waals surface area contributed by atoms with E-state index in [9.17, 15) is 4.79 Å². The van der Waals surface area contributed by atoms with E-state index in [0.717, 1.165) is 22.2 Å². The van der Waals surface area contributed by atoms with E-state index in [-0.39, 0.29) is 11.9 Å². The number of methoxy groups -OCH3 is 1. The van der Waals surface area contributed by atoms with Crippen LogP contribution in [-0.2, 0) is 9.53 Å². The van der Waals surface area contributed by atoms with E-state index in [4.69, 9.17) is 4.74 Å². The van der Waals surface area contributed by atoms with E-state index in [1.165, 1.54) is 0 Å². The predicted octanol–water partition coefficient (Wildman–Crippen LogP) is 3.51. The molecule has 0 bridgehead atoms. The summed E-state index contributed by atoms with van der Waals surface area (Å²) in [5.74, 6) is 1.05. The minimum atomic E-state index is -0.0786. The van der Waals surface area contributed by atoms with E-state index >= 15 is 0 Å². The number of likely N-dealkylation sites (N-methyl/N-ethyl adjacent to an activating group) is 1. The highest BCUT2D eigenvalue weighted by atomic mass is 32.1. The molecule has 1 aliphatic heterocycles. The van der Waals surface area contributed by atoms with Crippen LogP contribution in [0.25, 0.3) is 16.3 Å². The number of ether oxygens (including phenoxy) is 1. The molecule has 1 aliphatic rings. The first kappa shape index (κ1) is 19.5. The number of aliphatic imine (C=N–C) groups is 1. The van der Waals surface area contributed by atoms with Gasteiger partial charge in [-0.15, -0.1) is 11.3 Å². The Morgan fingerprint density at radius 3 is 2.89 bits per heavy atom. The van der Waals surface area contributed by atoms with Crippen molar-refractivity contribution in [2.24, 2.45) is 10.9 Å². The fourth-order valence-electron chi connectivity index (χ4n) is 3.20. The quantitative estimate of drug-likeness (QED) is 0.740. The molecule has 1 atom stereocenters. The van der Waals surface area contributed by atoms with E-state index in [0.29, 0.717) is 30.7 Å². The van der Waals surface area contributed by atoms with Gasteiger partial charge >= 0.3 is 0 Å². The Bertz CT molecular complexity index is 872. The van der Waals surface area contributed by atoms with Gasteiger partial charge in [-0.05, 0) is 43.0 Å². The Kier molecular flexibility index (Phi) is 6.23. The molecule has 2 heterocycles. The number of hydrogen-bond acceptors (Lipinski definition) is 6. The molecule has 7 heteroatoms. The average Bonchev–Trinajstić information content (AvgIpc) is 3.19. The molecule has 0 spiro atoms. The smallest absolute Gasteiger partial charge is 0.279 e. The van der Waals surface area contributed by atoms with Gasteiger partial charge in [0.05, 0.1) is 28.4 Å². The Morgan fingerprint density at radius 1 is 1.37 bits per heavy atom. The highest BCUT2D eigenvalue weighted by Gasteiger charge is 2.30.